The predicted octanol–water partition coefficient (Wildman–Crippen LogP) is 0.871. The standard InChI is InChI=1S/C9H12NO5P.ClH/c10-8(9(11)12)7-3-1-6(2-4-7)5-16(13,14)15;/h1-4,8H,5,10H2,(H,11,12)(H2,13,14,15);1H. The molecule has 0 aliphatic carbocycles. The molecule has 0 amide bonds. The van der Waals surface area contributed by atoms with Gasteiger partial charge in [0, 0.05) is 0 Å². The van der Waals surface area contributed by atoms with Crippen molar-refractivity contribution in [1.82, 2.24) is 0 Å². The highest BCUT2D eigenvalue weighted by molar-refractivity contribution is 7.50. The second-order valence-corrected chi connectivity index (χ2v) is 5.03. The normalized spacial score (nSPS) is 12.6. The zero-order chi connectivity index (χ0) is 12.3. The molecule has 0 radical (unpaired) electrons. The van der Waals surface area contributed by atoms with E-state index in [1.807, 2.05) is 0 Å². The van der Waals surface area contributed by atoms with Crippen LogP contribution in [0.15, 0.2) is 24.3 Å². The van der Waals surface area contributed by atoms with E-state index in [0.717, 1.165) is 0 Å². The average Bonchev–Trinajstić information content (AvgIpc) is 2.15. The smallest absolute Gasteiger partial charge is 0.329 e. The lowest BCUT2D eigenvalue weighted by atomic mass is 10.1. The molecule has 5 N–H and O–H groups in total. The molecule has 1 aromatic rings. The van der Waals surface area contributed by atoms with E-state index >= 15 is 0 Å². The topological polar surface area (TPSA) is 121 Å². The third-order valence-electron chi connectivity index (χ3n) is 1.99. The summed E-state index contributed by atoms with van der Waals surface area (Å²) in [7, 11) is -4.09. The van der Waals surface area contributed by atoms with Crippen molar-refractivity contribution in [2.45, 2.75) is 12.2 Å². The molecule has 0 spiro atoms. The van der Waals surface area contributed by atoms with E-state index in [9.17, 15) is 9.36 Å². The van der Waals surface area contributed by atoms with Gasteiger partial charge < -0.3 is 20.6 Å². The largest absolute Gasteiger partial charge is 0.480 e. The van der Waals surface area contributed by atoms with Crippen molar-refractivity contribution >= 4 is 26.0 Å². The summed E-state index contributed by atoms with van der Waals surface area (Å²) in [6.07, 6.45) is -0.365. The Kier molecular flexibility index (Phi) is 5.81. The third kappa shape index (κ3) is 5.30. The number of hydrogen-bond donors (Lipinski definition) is 4. The predicted molar refractivity (Wildman–Crippen MR) is 64.0 cm³/mol. The van der Waals surface area contributed by atoms with E-state index in [4.69, 9.17) is 20.6 Å². The Balaban J connectivity index is 0.00000256. The zero-order valence-corrected chi connectivity index (χ0v) is 10.4. The van der Waals surface area contributed by atoms with Gasteiger partial charge in [-0.2, -0.15) is 0 Å². The SMILES string of the molecule is Cl.NC(C(=O)O)c1ccc(CP(=O)(O)O)cc1. The van der Waals surface area contributed by atoms with Gasteiger partial charge in [0.1, 0.15) is 6.04 Å². The molecule has 0 saturated heterocycles. The first kappa shape index (κ1) is 16.1. The van der Waals surface area contributed by atoms with Crippen LogP contribution in [0.5, 0.6) is 0 Å². The van der Waals surface area contributed by atoms with Gasteiger partial charge in [0.05, 0.1) is 6.16 Å². The van der Waals surface area contributed by atoms with Gasteiger partial charge in [-0.15, -0.1) is 12.4 Å². The van der Waals surface area contributed by atoms with Crippen LogP contribution in [0.2, 0.25) is 0 Å². The van der Waals surface area contributed by atoms with Crippen molar-refractivity contribution < 1.29 is 24.3 Å². The third-order valence-corrected chi connectivity index (χ3v) is 2.77. The average molecular weight is 282 g/mol. The van der Waals surface area contributed by atoms with Crippen LogP contribution in [0.25, 0.3) is 0 Å². The first-order valence-corrected chi connectivity index (χ1v) is 6.21. The number of nitrogens with two attached hydrogens (primary N) is 1. The van der Waals surface area contributed by atoms with E-state index in [0.29, 0.717) is 11.1 Å². The Hall–Kier alpha value is -0.910. The van der Waals surface area contributed by atoms with Crippen LogP contribution >= 0.6 is 20.0 Å². The number of halogens is 1. The van der Waals surface area contributed by atoms with Gasteiger partial charge in [-0.25, -0.2) is 0 Å². The molecule has 0 aliphatic rings. The van der Waals surface area contributed by atoms with Crippen LogP contribution in [0, 0.1) is 0 Å². The summed E-state index contributed by atoms with van der Waals surface area (Å²) >= 11 is 0. The van der Waals surface area contributed by atoms with Crippen molar-refractivity contribution in [3.05, 3.63) is 35.4 Å². The Labute approximate surface area is 104 Å². The summed E-state index contributed by atoms with van der Waals surface area (Å²) in [6.45, 7) is 0. The van der Waals surface area contributed by atoms with Crippen LogP contribution in [-0.4, -0.2) is 20.9 Å². The fraction of sp³-hybridized carbons (Fsp3) is 0.222. The van der Waals surface area contributed by atoms with Gasteiger partial charge in [0.25, 0.3) is 0 Å². The molecule has 96 valence electrons. The lowest BCUT2D eigenvalue weighted by Gasteiger charge is -2.08. The summed E-state index contributed by atoms with van der Waals surface area (Å²) in [5.41, 5.74) is 6.19. The summed E-state index contributed by atoms with van der Waals surface area (Å²) in [5, 5.41) is 8.64. The second-order valence-electron chi connectivity index (χ2n) is 3.38. The van der Waals surface area contributed by atoms with Crippen LogP contribution in [0.3, 0.4) is 0 Å². The van der Waals surface area contributed by atoms with Crippen LogP contribution < -0.4 is 5.73 Å². The minimum absolute atomic E-state index is 0. The van der Waals surface area contributed by atoms with Gasteiger partial charge in [0.15, 0.2) is 0 Å². The maximum Gasteiger partial charge on any atom is 0.329 e. The Morgan fingerprint density at radius 3 is 2.12 bits per heavy atom. The molecule has 1 atom stereocenters. The monoisotopic (exact) mass is 281 g/mol. The Bertz CT molecular complexity index is 430. The number of rotatable bonds is 4. The van der Waals surface area contributed by atoms with E-state index in [-0.39, 0.29) is 18.6 Å². The number of hydrogen-bond acceptors (Lipinski definition) is 3. The molecule has 1 aromatic carbocycles. The molecule has 0 saturated carbocycles. The highest BCUT2D eigenvalue weighted by atomic mass is 35.5. The molecular formula is C9H13ClNO5P. The second kappa shape index (κ2) is 6.14. The Morgan fingerprint density at radius 1 is 1.29 bits per heavy atom. The van der Waals surface area contributed by atoms with Crippen molar-refractivity contribution in [2.75, 3.05) is 0 Å². The minimum atomic E-state index is -4.09. The van der Waals surface area contributed by atoms with Crippen molar-refractivity contribution in [3.8, 4) is 0 Å². The molecule has 1 unspecified atom stereocenters. The lowest BCUT2D eigenvalue weighted by molar-refractivity contribution is -0.138. The van der Waals surface area contributed by atoms with E-state index in [1.54, 1.807) is 0 Å². The number of benzene rings is 1. The molecule has 0 aliphatic heterocycles. The maximum atomic E-state index is 10.7. The first-order valence-electron chi connectivity index (χ1n) is 4.41. The van der Waals surface area contributed by atoms with Crippen LogP contribution in [0.4, 0.5) is 0 Å². The van der Waals surface area contributed by atoms with Crippen LogP contribution in [-0.2, 0) is 15.5 Å². The van der Waals surface area contributed by atoms with Crippen molar-refractivity contribution in [2.24, 2.45) is 5.73 Å². The van der Waals surface area contributed by atoms with Gasteiger partial charge >= 0.3 is 13.6 Å². The van der Waals surface area contributed by atoms with Gasteiger partial charge in [-0.1, -0.05) is 24.3 Å². The van der Waals surface area contributed by atoms with Gasteiger partial charge in [-0.05, 0) is 11.1 Å². The fourth-order valence-electron chi connectivity index (χ4n) is 1.21. The Morgan fingerprint density at radius 2 is 1.76 bits per heavy atom. The van der Waals surface area contributed by atoms with Gasteiger partial charge in [0.2, 0.25) is 0 Å². The number of carboxylic acid groups (broad SMARTS) is 1. The molecule has 0 aromatic heterocycles. The number of aliphatic carboxylic acids is 1. The number of carbonyl (C=O) groups is 1. The maximum absolute atomic E-state index is 10.7. The molecule has 0 bridgehead atoms. The fourth-order valence-corrected chi connectivity index (χ4v) is 1.90. The highest BCUT2D eigenvalue weighted by Crippen LogP contribution is 2.38. The minimum Gasteiger partial charge on any atom is -0.480 e. The molecule has 8 heteroatoms. The van der Waals surface area contributed by atoms with Gasteiger partial charge in [-0.3, -0.25) is 9.36 Å². The molecule has 17 heavy (non-hydrogen) atoms. The lowest BCUT2D eigenvalue weighted by Crippen LogP contribution is -2.20. The number of carboxylic acids is 1. The van der Waals surface area contributed by atoms with E-state index in [1.165, 1.54) is 24.3 Å². The molecule has 0 heterocycles. The quantitative estimate of drug-likeness (QED) is 0.608. The summed E-state index contributed by atoms with van der Waals surface area (Å²) in [5.74, 6) is -1.15. The molecular weight excluding hydrogens is 269 g/mol. The van der Waals surface area contributed by atoms with Crippen LogP contribution in [0.1, 0.15) is 17.2 Å². The molecule has 6 nitrogen and oxygen atoms in total. The van der Waals surface area contributed by atoms with E-state index in [2.05, 4.69) is 0 Å². The highest BCUT2D eigenvalue weighted by Gasteiger charge is 2.16. The molecule has 1 rings (SSSR count). The zero-order valence-electron chi connectivity index (χ0n) is 8.68. The van der Waals surface area contributed by atoms with Crippen molar-refractivity contribution in [3.63, 3.8) is 0 Å². The van der Waals surface area contributed by atoms with E-state index < -0.39 is 19.6 Å². The summed E-state index contributed by atoms with van der Waals surface area (Å²) in [4.78, 5) is 28.0. The summed E-state index contributed by atoms with van der Waals surface area (Å²) in [6, 6.07) is 4.69. The van der Waals surface area contributed by atoms with Crippen molar-refractivity contribution in [1.29, 1.82) is 0 Å². The first-order chi connectivity index (χ1) is 7.29. The summed E-state index contributed by atoms with van der Waals surface area (Å²) < 4.78 is 10.7. The molecule has 0 fully saturated rings.